The summed E-state index contributed by atoms with van der Waals surface area (Å²) in [5.74, 6) is -0.0743. The predicted molar refractivity (Wildman–Crippen MR) is 76.1 cm³/mol. The lowest BCUT2D eigenvalue weighted by molar-refractivity contribution is 0.0871. The normalized spacial score (nSPS) is 13.4. The minimum atomic E-state index is -0.487. The number of aryl methyl sites for hydroxylation is 1. The van der Waals surface area contributed by atoms with Gasteiger partial charge in [-0.3, -0.25) is 4.79 Å². The molecule has 0 aliphatic heterocycles. The molecule has 1 atom stereocenters. The van der Waals surface area contributed by atoms with Crippen molar-refractivity contribution in [3.8, 4) is 0 Å². The van der Waals surface area contributed by atoms with Gasteiger partial charge in [0.25, 0.3) is 5.91 Å². The van der Waals surface area contributed by atoms with Crippen LogP contribution in [0.2, 0.25) is 0 Å². The number of hydrogen-bond donors (Lipinski definition) is 2. The van der Waals surface area contributed by atoms with Crippen LogP contribution in [0.3, 0.4) is 0 Å². The zero-order valence-electron chi connectivity index (χ0n) is 11.6. The Kier molecular flexibility index (Phi) is 5.35. The molecule has 2 N–H and O–H groups in total. The first-order chi connectivity index (χ1) is 8.33. The molecule has 0 aliphatic rings. The van der Waals surface area contributed by atoms with E-state index in [9.17, 15) is 9.90 Å². The summed E-state index contributed by atoms with van der Waals surface area (Å²) < 4.78 is 0. The highest BCUT2D eigenvalue weighted by atomic mass is 32.1. The summed E-state index contributed by atoms with van der Waals surface area (Å²) in [6, 6.07) is 1.98. The van der Waals surface area contributed by atoms with Gasteiger partial charge in [-0.05, 0) is 35.3 Å². The van der Waals surface area contributed by atoms with E-state index in [4.69, 9.17) is 0 Å². The Bertz CT molecular complexity index is 393. The van der Waals surface area contributed by atoms with Crippen LogP contribution in [0.1, 0.15) is 49.4 Å². The largest absolute Gasteiger partial charge is 0.391 e. The molecular formula is C14H23NO2S. The molecule has 1 rings (SSSR count). The number of thiophene rings is 1. The third kappa shape index (κ3) is 4.78. The molecule has 1 heterocycles. The molecule has 0 bridgehead atoms. The van der Waals surface area contributed by atoms with E-state index in [0.717, 1.165) is 16.9 Å². The smallest absolute Gasteiger partial charge is 0.261 e. The van der Waals surface area contributed by atoms with Gasteiger partial charge >= 0.3 is 0 Å². The fraction of sp³-hybridized carbons (Fsp3) is 0.643. The summed E-state index contributed by atoms with van der Waals surface area (Å²) in [7, 11) is 0. The molecule has 0 saturated heterocycles. The second-order valence-electron chi connectivity index (χ2n) is 5.76. The first-order valence-corrected chi connectivity index (χ1v) is 7.24. The molecule has 1 amide bonds. The third-order valence-electron chi connectivity index (χ3n) is 2.68. The van der Waals surface area contributed by atoms with E-state index in [1.54, 1.807) is 0 Å². The van der Waals surface area contributed by atoms with Crippen LogP contribution >= 0.6 is 11.3 Å². The zero-order valence-corrected chi connectivity index (χ0v) is 12.4. The van der Waals surface area contributed by atoms with Crippen molar-refractivity contribution in [1.29, 1.82) is 0 Å². The number of carbonyl (C=O) groups is 1. The van der Waals surface area contributed by atoms with Crippen molar-refractivity contribution >= 4 is 17.2 Å². The van der Waals surface area contributed by atoms with E-state index < -0.39 is 6.10 Å². The maximum atomic E-state index is 11.9. The molecular weight excluding hydrogens is 246 g/mol. The standard InChI is InChI=1S/C14H23NO2S/c1-5-10-6-7-18-12(10)13(17)15-9-11(16)8-14(2,3)4/h6-7,11,16H,5,8-9H2,1-4H3,(H,15,17). The van der Waals surface area contributed by atoms with Gasteiger partial charge in [0.1, 0.15) is 0 Å². The van der Waals surface area contributed by atoms with Crippen molar-refractivity contribution in [2.75, 3.05) is 6.54 Å². The molecule has 1 aromatic heterocycles. The Morgan fingerprint density at radius 1 is 1.50 bits per heavy atom. The van der Waals surface area contributed by atoms with Crippen LogP contribution < -0.4 is 5.32 Å². The molecule has 0 radical (unpaired) electrons. The number of hydrogen-bond acceptors (Lipinski definition) is 3. The lowest BCUT2D eigenvalue weighted by Gasteiger charge is -2.22. The summed E-state index contributed by atoms with van der Waals surface area (Å²) in [5, 5.41) is 14.6. The van der Waals surface area contributed by atoms with Crippen LogP contribution in [0, 0.1) is 5.41 Å². The molecule has 0 saturated carbocycles. The minimum absolute atomic E-state index is 0.0711. The second-order valence-corrected chi connectivity index (χ2v) is 6.67. The van der Waals surface area contributed by atoms with Gasteiger partial charge in [0.05, 0.1) is 11.0 Å². The van der Waals surface area contributed by atoms with Crippen LogP contribution in [0.15, 0.2) is 11.4 Å². The number of amides is 1. The Morgan fingerprint density at radius 2 is 2.17 bits per heavy atom. The summed E-state index contributed by atoms with van der Waals surface area (Å²) in [6.07, 6.45) is 1.05. The molecule has 4 heteroatoms. The lowest BCUT2D eigenvalue weighted by Crippen LogP contribution is -2.34. The van der Waals surface area contributed by atoms with Gasteiger partial charge in [0.15, 0.2) is 0 Å². The molecule has 0 fully saturated rings. The van der Waals surface area contributed by atoms with Crippen molar-refractivity contribution in [2.45, 2.75) is 46.6 Å². The van der Waals surface area contributed by atoms with Crippen LogP contribution in [-0.2, 0) is 6.42 Å². The lowest BCUT2D eigenvalue weighted by atomic mass is 9.89. The third-order valence-corrected chi connectivity index (χ3v) is 3.64. The first-order valence-electron chi connectivity index (χ1n) is 6.36. The van der Waals surface area contributed by atoms with Gasteiger partial charge in [-0.2, -0.15) is 0 Å². The highest BCUT2D eigenvalue weighted by molar-refractivity contribution is 7.12. The summed E-state index contributed by atoms with van der Waals surface area (Å²) in [6.45, 7) is 8.58. The van der Waals surface area contributed by atoms with Crippen LogP contribution in [0.4, 0.5) is 0 Å². The average molecular weight is 269 g/mol. The maximum absolute atomic E-state index is 11.9. The maximum Gasteiger partial charge on any atom is 0.261 e. The molecule has 18 heavy (non-hydrogen) atoms. The van der Waals surface area contributed by atoms with Gasteiger partial charge < -0.3 is 10.4 Å². The van der Waals surface area contributed by atoms with Crippen molar-refractivity contribution in [3.63, 3.8) is 0 Å². The van der Waals surface area contributed by atoms with E-state index >= 15 is 0 Å². The zero-order chi connectivity index (χ0) is 13.8. The van der Waals surface area contributed by atoms with E-state index in [2.05, 4.69) is 26.1 Å². The molecule has 1 aromatic rings. The fourth-order valence-corrected chi connectivity index (χ4v) is 2.79. The quantitative estimate of drug-likeness (QED) is 0.863. The second kappa shape index (κ2) is 6.34. The molecule has 0 aliphatic carbocycles. The number of aliphatic hydroxyl groups excluding tert-OH is 1. The number of aliphatic hydroxyl groups is 1. The van der Waals surface area contributed by atoms with Gasteiger partial charge in [0.2, 0.25) is 0 Å². The van der Waals surface area contributed by atoms with Crippen molar-refractivity contribution in [1.82, 2.24) is 5.32 Å². The minimum Gasteiger partial charge on any atom is -0.391 e. The van der Waals surface area contributed by atoms with E-state index in [1.165, 1.54) is 11.3 Å². The van der Waals surface area contributed by atoms with Crippen LogP contribution in [-0.4, -0.2) is 23.7 Å². The number of nitrogens with one attached hydrogen (secondary N) is 1. The molecule has 3 nitrogen and oxygen atoms in total. The van der Waals surface area contributed by atoms with Crippen molar-refractivity contribution in [3.05, 3.63) is 21.9 Å². The molecule has 102 valence electrons. The molecule has 1 unspecified atom stereocenters. The topological polar surface area (TPSA) is 49.3 Å². The highest BCUT2D eigenvalue weighted by Crippen LogP contribution is 2.21. The molecule has 0 aromatic carbocycles. The van der Waals surface area contributed by atoms with E-state index in [1.807, 2.05) is 18.4 Å². The first kappa shape index (κ1) is 15.2. The van der Waals surface area contributed by atoms with Crippen LogP contribution in [0.25, 0.3) is 0 Å². The van der Waals surface area contributed by atoms with Gasteiger partial charge in [0, 0.05) is 6.54 Å². The van der Waals surface area contributed by atoms with Gasteiger partial charge in [-0.1, -0.05) is 27.7 Å². The summed E-state index contributed by atoms with van der Waals surface area (Å²) in [4.78, 5) is 12.7. The van der Waals surface area contributed by atoms with Gasteiger partial charge in [-0.15, -0.1) is 11.3 Å². The van der Waals surface area contributed by atoms with E-state index in [-0.39, 0.29) is 11.3 Å². The molecule has 0 spiro atoms. The fourth-order valence-electron chi connectivity index (χ4n) is 1.88. The number of rotatable bonds is 5. The summed E-state index contributed by atoms with van der Waals surface area (Å²) in [5.41, 5.74) is 1.14. The van der Waals surface area contributed by atoms with Crippen molar-refractivity contribution < 1.29 is 9.90 Å². The Morgan fingerprint density at radius 3 is 2.72 bits per heavy atom. The van der Waals surface area contributed by atoms with E-state index in [0.29, 0.717) is 13.0 Å². The van der Waals surface area contributed by atoms with Crippen molar-refractivity contribution in [2.24, 2.45) is 5.41 Å². The number of carbonyl (C=O) groups excluding carboxylic acids is 1. The summed E-state index contributed by atoms with van der Waals surface area (Å²) >= 11 is 1.45. The average Bonchev–Trinajstić information content (AvgIpc) is 2.71. The highest BCUT2D eigenvalue weighted by Gasteiger charge is 2.18. The Hall–Kier alpha value is -0.870. The Labute approximate surface area is 113 Å². The van der Waals surface area contributed by atoms with Gasteiger partial charge in [-0.25, -0.2) is 0 Å². The predicted octanol–water partition coefficient (Wildman–Crippen LogP) is 2.84. The SMILES string of the molecule is CCc1ccsc1C(=O)NCC(O)CC(C)(C)C. The van der Waals surface area contributed by atoms with Crippen LogP contribution in [0.5, 0.6) is 0 Å². The Balaban J connectivity index is 2.47. The monoisotopic (exact) mass is 269 g/mol.